The summed E-state index contributed by atoms with van der Waals surface area (Å²) in [4.78, 5) is 2.28. The molecule has 0 radical (unpaired) electrons. The van der Waals surface area contributed by atoms with Crippen molar-refractivity contribution in [1.29, 1.82) is 0 Å². The first-order chi connectivity index (χ1) is 8.84. The number of sulfonamides is 1. The minimum atomic E-state index is -3.39. The van der Waals surface area contributed by atoms with Crippen molar-refractivity contribution < 1.29 is 13.5 Å². The Labute approximate surface area is 114 Å². The molecule has 0 aromatic heterocycles. The van der Waals surface area contributed by atoms with Gasteiger partial charge in [0.1, 0.15) is 0 Å². The lowest BCUT2D eigenvalue weighted by molar-refractivity contribution is 0.0310. The van der Waals surface area contributed by atoms with Gasteiger partial charge in [0.25, 0.3) is 0 Å². The number of hydrogen-bond acceptors (Lipinski definition) is 4. The normalized spacial score (nSPS) is 18.2. The standard InChI is InChI=1S/C13H20N2O3S/c1-3-8-14-19(17,18)12-6-4-11(5-7-12)15-9-13(2,16)10-15/h4-7,14,16H,3,8-10H2,1-2H3. The summed E-state index contributed by atoms with van der Waals surface area (Å²) in [5, 5.41) is 9.68. The molecular formula is C13H20N2O3S. The summed E-state index contributed by atoms with van der Waals surface area (Å²) in [6, 6.07) is 6.74. The Morgan fingerprint density at radius 2 is 1.89 bits per heavy atom. The molecule has 1 aromatic carbocycles. The van der Waals surface area contributed by atoms with E-state index in [0.29, 0.717) is 19.6 Å². The predicted molar refractivity (Wildman–Crippen MR) is 74.8 cm³/mol. The maximum atomic E-state index is 11.9. The highest BCUT2D eigenvalue weighted by Gasteiger charge is 2.36. The largest absolute Gasteiger partial charge is 0.386 e. The van der Waals surface area contributed by atoms with E-state index in [2.05, 4.69) is 4.72 Å². The van der Waals surface area contributed by atoms with Gasteiger partial charge in [-0.15, -0.1) is 0 Å². The van der Waals surface area contributed by atoms with E-state index < -0.39 is 15.6 Å². The summed E-state index contributed by atoms with van der Waals surface area (Å²) in [5.74, 6) is 0. The highest BCUT2D eigenvalue weighted by Crippen LogP contribution is 2.27. The van der Waals surface area contributed by atoms with Crippen LogP contribution in [0, 0.1) is 0 Å². The van der Waals surface area contributed by atoms with Crippen molar-refractivity contribution >= 4 is 15.7 Å². The van der Waals surface area contributed by atoms with Crippen molar-refractivity contribution in [2.75, 3.05) is 24.5 Å². The molecule has 2 N–H and O–H groups in total. The fourth-order valence-electron chi connectivity index (χ4n) is 2.11. The maximum Gasteiger partial charge on any atom is 0.240 e. The maximum absolute atomic E-state index is 11.9. The lowest BCUT2D eigenvalue weighted by Gasteiger charge is -2.45. The molecule has 0 aliphatic carbocycles. The zero-order valence-corrected chi connectivity index (χ0v) is 12.1. The summed E-state index contributed by atoms with van der Waals surface area (Å²) in [7, 11) is -3.39. The number of hydrogen-bond donors (Lipinski definition) is 2. The first-order valence-electron chi connectivity index (χ1n) is 6.41. The van der Waals surface area contributed by atoms with Crippen LogP contribution in [-0.2, 0) is 10.0 Å². The molecule has 19 heavy (non-hydrogen) atoms. The van der Waals surface area contributed by atoms with Crippen molar-refractivity contribution in [3.63, 3.8) is 0 Å². The Balaban J connectivity index is 2.07. The lowest BCUT2D eigenvalue weighted by Crippen LogP contribution is -2.60. The van der Waals surface area contributed by atoms with Gasteiger partial charge in [0.15, 0.2) is 0 Å². The zero-order chi connectivity index (χ0) is 14.1. The Morgan fingerprint density at radius 1 is 1.32 bits per heavy atom. The van der Waals surface area contributed by atoms with Crippen LogP contribution in [0.5, 0.6) is 0 Å². The number of aliphatic hydroxyl groups is 1. The Bertz CT molecular complexity index is 530. The molecule has 1 aromatic rings. The summed E-state index contributed by atoms with van der Waals surface area (Å²) in [6.07, 6.45) is 0.764. The van der Waals surface area contributed by atoms with E-state index in [0.717, 1.165) is 12.1 Å². The van der Waals surface area contributed by atoms with Crippen molar-refractivity contribution in [2.24, 2.45) is 0 Å². The molecule has 5 nitrogen and oxygen atoms in total. The van der Waals surface area contributed by atoms with Gasteiger partial charge in [-0.2, -0.15) is 0 Å². The van der Waals surface area contributed by atoms with E-state index in [-0.39, 0.29) is 4.90 Å². The summed E-state index contributed by atoms with van der Waals surface area (Å²) < 4.78 is 26.3. The molecule has 1 saturated heterocycles. The van der Waals surface area contributed by atoms with E-state index in [1.54, 1.807) is 31.2 Å². The minimum absolute atomic E-state index is 0.275. The zero-order valence-electron chi connectivity index (χ0n) is 11.3. The number of rotatable bonds is 5. The van der Waals surface area contributed by atoms with Gasteiger partial charge < -0.3 is 10.0 Å². The average Bonchev–Trinajstić information content (AvgIpc) is 2.34. The highest BCUT2D eigenvalue weighted by atomic mass is 32.2. The van der Waals surface area contributed by atoms with Crippen molar-refractivity contribution in [1.82, 2.24) is 4.72 Å². The van der Waals surface area contributed by atoms with Gasteiger partial charge in [0.2, 0.25) is 10.0 Å². The Morgan fingerprint density at radius 3 is 2.37 bits per heavy atom. The van der Waals surface area contributed by atoms with Crippen molar-refractivity contribution in [3.8, 4) is 0 Å². The fraction of sp³-hybridized carbons (Fsp3) is 0.538. The topological polar surface area (TPSA) is 69.6 Å². The first kappa shape index (κ1) is 14.3. The molecule has 1 aliphatic heterocycles. The number of β-amino-alcohol motifs (C(OH)–C–C–N with tert-alkyl or cyclic N) is 1. The van der Waals surface area contributed by atoms with Crippen LogP contribution in [0.25, 0.3) is 0 Å². The molecule has 0 amide bonds. The van der Waals surface area contributed by atoms with Crippen molar-refractivity contribution in [3.05, 3.63) is 24.3 Å². The number of benzene rings is 1. The van der Waals surface area contributed by atoms with E-state index in [1.807, 2.05) is 11.8 Å². The third-order valence-corrected chi connectivity index (χ3v) is 4.59. The highest BCUT2D eigenvalue weighted by molar-refractivity contribution is 7.89. The molecule has 0 bridgehead atoms. The first-order valence-corrected chi connectivity index (χ1v) is 7.89. The number of nitrogens with zero attached hydrogens (tertiary/aromatic N) is 1. The lowest BCUT2D eigenvalue weighted by atomic mass is 9.96. The van der Waals surface area contributed by atoms with Gasteiger partial charge in [-0.25, -0.2) is 13.1 Å². The fourth-order valence-corrected chi connectivity index (χ4v) is 3.25. The van der Waals surface area contributed by atoms with Crippen LogP contribution < -0.4 is 9.62 Å². The molecule has 1 aliphatic rings. The Hall–Kier alpha value is -1.11. The number of anilines is 1. The quantitative estimate of drug-likeness (QED) is 0.844. The molecule has 106 valence electrons. The van der Waals surface area contributed by atoms with E-state index >= 15 is 0 Å². The third-order valence-electron chi connectivity index (χ3n) is 3.12. The van der Waals surface area contributed by atoms with Crippen molar-refractivity contribution in [2.45, 2.75) is 30.8 Å². The van der Waals surface area contributed by atoms with E-state index in [4.69, 9.17) is 0 Å². The molecular weight excluding hydrogens is 264 g/mol. The van der Waals surface area contributed by atoms with Crippen LogP contribution in [0.1, 0.15) is 20.3 Å². The second-order valence-corrected chi connectivity index (χ2v) is 7.01. The Kier molecular flexibility index (Phi) is 3.85. The molecule has 0 atom stereocenters. The van der Waals surface area contributed by atoms with E-state index in [1.165, 1.54) is 0 Å². The molecule has 0 spiro atoms. The monoisotopic (exact) mass is 284 g/mol. The summed E-state index contributed by atoms with van der Waals surface area (Å²) >= 11 is 0. The van der Waals surface area contributed by atoms with Crippen LogP contribution in [0.3, 0.4) is 0 Å². The minimum Gasteiger partial charge on any atom is -0.386 e. The number of nitrogens with one attached hydrogen (secondary N) is 1. The van der Waals surface area contributed by atoms with Crippen LogP contribution >= 0.6 is 0 Å². The smallest absolute Gasteiger partial charge is 0.240 e. The SMILES string of the molecule is CCCNS(=O)(=O)c1ccc(N2CC(C)(O)C2)cc1. The van der Waals surface area contributed by atoms with Crippen LogP contribution in [0.15, 0.2) is 29.2 Å². The van der Waals surface area contributed by atoms with Crippen LogP contribution in [0.2, 0.25) is 0 Å². The molecule has 0 saturated carbocycles. The van der Waals surface area contributed by atoms with Gasteiger partial charge >= 0.3 is 0 Å². The molecule has 0 unspecified atom stereocenters. The van der Waals surface area contributed by atoms with Gasteiger partial charge in [0.05, 0.1) is 10.5 Å². The van der Waals surface area contributed by atoms with Gasteiger partial charge in [-0.3, -0.25) is 0 Å². The molecule has 6 heteroatoms. The van der Waals surface area contributed by atoms with Gasteiger partial charge in [0, 0.05) is 25.3 Å². The van der Waals surface area contributed by atoms with Gasteiger partial charge in [-0.05, 0) is 37.6 Å². The van der Waals surface area contributed by atoms with Crippen LogP contribution in [-0.4, -0.2) is 38.8 Å². The second kappa shape index (κ2) is 5.11. The molecule has 1 heterocycles. The predicted octanol–water partition coefficient (Wildman–Crippen LogP) is 0.946. The van der Waals surface area contributed by atoms with E-state index in [9.17, 15) is 13.5 Å². The summed E-state index contributed by atoms with van der Waals surface area (Å²) in [6.45, 7) is 5.30. The molecule has 2 rings (SSSR count). The van der Waals surface area contributed by atoms with Crippen LogP contribution in [0.4, 0.5) is 5.69 Å². The summed E-state index contributed by atoms with van der Waals surface area (Å²) in [5.41, 5.74) is 0.300. The molecule has 1 fully saturated rings. The van der Waals surface area contributed by atoms with Gasteiger partial charge in [-0.1, -0.05) is 6.92 Å². The average molecular weight is 284 g/mol. The third kappa shape index (κ3) is 3.26. The second-order valence-electron chi connectivity index (χ2n) is 5.24.